The van der Waals surface area contributed by atoms with E-state index in [1.54, 1.807) is 30.7 Å². The molecule has 0 radical (unpaired) electrons. The highest BCUT2D eigenvalue weighted by atomic mass is 32.2. The Kier molecular flexibility index (Phi) is 5.11. The first kappa shape index (κ1) is 15.7. The van der Waals surface area contributed by atoms with Gasteiger partial charge in [0.15, 0.2) is 0 Å². The van der Waals surface area contributed by atoms with Gasteiger partial charge in [-0.05, 0) is 36.6 Å². The minimum absolute atomic E-state index is 0.260. The van der Waals surface area contributed by atoms with Crippen molar-refractivity contribution in [2.24, 2.45) is 5.73 Å². The van der Waals surface area contributed by atoms with Gasteiger partial charge in [0.05, 0.1) is 11.2 Å². The quantitative estimate of drug-likeness (QED) is 0.747. The van der Waals surface area contributed by atoms with Crippen molar-refractivity contribution < 1.29 is 8.42 Å². The molecule has 0 bridgehead atoms. The van der Waals surface area contributed by atoms with Crippen LogP contribution in [0.25, 0.3) is 0 Å². The Hall–Kier alpha value is -1.70. The summed E-state index contributed by atoms with van der Waals surface area (Å²) in [4.78, 5) is 4.20. The number of aromatic nitrogens is 2. The molecule has 7 heteroatoms. The van der Waals surface area contributed by atoms with Gasteiger partial charge in [0.2, 0.25) is 10.0 Å². The summed E-state index contributed by atoms with van der Waals surface area (Å²) in [7, 11) is -3.48. The van der Waals surface area contributed by atoms with Crippen LogP contribution in [0.3, 0.4) is 0 Å². The summed E-state index contributed by atoms with van der Waals surface area (Å²) in [6.07, 6.45) is 5.96. The number of sulfonamides is 1. The average Bonchev–Trinajstić information content (AvgIpc) is 2.97. The van der Waals surface area contributed by atoms with Crippen LogP contribution in [0, 0.1) is 6.92 Å². The highest BCUT2D eigenvalue weighted by Gasteiger charge is 2.14. The predicted octanol–water partition coefficient (Wildman–Crippen LogP) is 1.02. The highest BCUT2D eigenvalue weighted by molar-refractivity contribution is 7.89. The lowest BCUT2D eigenvalue weighted by Gasteiger charge is -2.10. The largest absolute Gasteiger partial charge is 0.337 e. The Bertz CT molecular complexity index is 681. The number of nitrogens with two attached hydrogens (primary N) is 1. The Morgan fingerprint density at radius 2 is 2.19 bits per heavy atom. The van der Waals surface area contributed by atoms with Crippen molar-refractivity contribution >= 4 is 10.0 Å². The first-order chi connectivity index (χ1) is 10.0. The van der Waals surface area contributed by atoms with E-state index in [0.29, 0.717) is 19.5 Å². The second-order valence-corrected chi connectivity index (χ2v) is 6.61. The molecule has 1 aromatic carbocycles. The number of rotatable bonds is 7. The number of hydrogen-bond donors (Lipinski definition) is 2. The molecular formula is C14H20N4O2S. The summed E-state index contributed by atoms with van der Waals surface area (Å²) >= 11 is 0. The van der Waals surface area contributed by atoms with Crippen molar-refractivity contribution in [2.45, 2.75) is 31.3 Å². The van der Waals surface area contributed by atoms with Gasteiger partial charge in [-0.25, -0.2) is 18.1 Å². The van der Waals surface area contributed by atoms with E-state index < -0.39 is 10.0 Å². The minimum atomic E-state index is -3.48. The van der Waals surface area contributed by atoms with Gasteiger partial charge in [0.25, 0.3) is 0 Å². The lowest BCUT2D eigenvalue weighted by molar-refractivity contribution is 0.569. The van der Waals surface area contributed by atoms with E-state index in [-0.39, 0.29) is 4.90 Å². The molecule has 21 heavy (non-hydrogen) atoms. The summed E-state index contributed by atoms with van der Waals surface area (Å²) in [5, 5.41) is 0. The average molecular weight is 308 g/mol. The first-order valence-electron chi connectivity index (χ1n) is 6.78. The summed E-state index contributed by atoms with van der Waals surface area (Å²) < 4.78 is 28.9. The summed E-state index contributed by atoms with van der Waals surface area (Å²) in [6.45, 7) is 3.35. The maximum Gasteiger partial charge on any atom is 0.240 e. The fourth-order valence-electron chi connectivity index (χ4n) is 2.01. The maximum atomic E-state index is 12.2. The lowest BCUT2D eigenvalue weighted by Crippen LogP contribution is -2.25. The summed E-state index contributed by atoms with van der Waals surface area (Å²) in [6, 6.07) is 5.02. The Balaban J connectivity index is 1.95. The van der Waals surface area contributed by atoms with Crippen LogP contribution in [-0.2, 0) is 23.1 Å². The molecule has 0 unspecified atom stereocenters. The highest BCUT2D eigenvalue weighted by Crippen LogP contribution is 2.15. The normalized spacial score (nSPS) is 11.7. The zero-order valence-electron chi connectivity index (χ0n) is 12.0. The van der Waals surface area contributed by atoms with Crippen molar-refractivity contribution in [1.82, 2.24) is 14.3 Å². The molecule has 0 aliphatic heterocycles. The van der Waals surface area contributed by atoms with Gasteiger partial charge in [0, 0.05) is 32.0 Å². The molecule has 1 heterocycles. The second kappa shape index (κ2) is 6.84. The third kappa shape index (κ3) is 4.13. The number of nitrogens with one attached hydrogen (secondary N) is 1. The molecule has 1 aromatic heterocycles. The van der Waals surface area contributed by atoms with Gasteiger partial charge < -0.3 is 10.3 Å². The van der Waals surface area contributed by atoms with Crippen molar-refractivity contribution in [1.29, 1.82) is 0 Å². The number of benzene rings is 1. The molecule has 0 aliphatic rings. The Morgan fingerprint density at radius 1 is 1.38 bits per heavy atom. The topological polar surface area (TPSA) is 90.0 Å². The zero-order chi connectivity index (χ0) is 15.3. The molecular weight excluding hydrogens is 288 g/mol. The van der Waals surface area contributed by atoms with Crippen LogP contribution in [0.15, 0.2) is 41.8 Å². The van der Waals surface area contributed by atoms with E-state index in [1.165, 1.54) is 0 Å². The molecule has 0 spiro atoms. The van der Waals surface area contributed by atoms with Gasteiger partial charge in [-0.1, -0.05) is 6.07 Å². The van der Waals surface area contributed by atoms with Gasteiger partial charge in [-0.3, -0.25) is 0 Å². The van der Waals surface area contributed by atoms with Crippen LogP contribution in [0.2, 0.25) is 0 Å². The van der Waals surface area contributed by atoms with Crippen LogP contribution < -0.4 is 10.5 Å². The van der Waals surface area contributed by atoms with Gasteiger partial charge >= 0.3 is 0 Å². The monoisotopic (exact) mass is 308 g/mol. The Morgan fingerprint density at radius 3 is 2.86 bits per heavy atom. The molecule has 114 valence electrons. The maximum absolute atomic E-state index is 12.2. The third-order valence-electron chi connectivity index (χ3n) is 3.30. The Labute approximate surface area is 125 Å². The van der Waals surface area contributed by atoms with Crippen molar-refractivity contribution in [3.05, 3.63) is 48.0 Å². The molecule has 2 aromatic rings. The van der Waals surface area contributed by atoms with Crippen LogP contribution >= 0.6 is 0 Å². The molecule has 0 amide bonds. The molecule has 0 fully saturated rings. The molecule has 0 atom stereocenters. The first-order valence-corrected chi connectivity index (χ1v) is 8.26. The molecule has 6 nitrogen and oxygen atoms in total. The molecule has 0 saturated carbocycles. The van der Waals surface area contributed by atoms with Crippen molar-refractivity contribution in [2.75, 3.05) is 6.54 Å². The number of aryl methyl sites for hydroxylation is 2. The van der Waals surface area contributed by atoms with Gasteiger partial charge in [-0.15, -0.1) is 0 Å². The van der Waals surface area contributed by atoms with E-state index in [4.69, 9.17) is 5.73 Å². The molecule has 0 aliphatic carbocycles. The van der Waals surface area contributed by atoms with Crippen molar-refractivity contribution in [3.8, 4) is 0 Å². The predicted molar refractivity (Wildman–Crippen MR) is 81.1 cm³/mol. The fourth-order valence-corrected chi connectivity index (χ4v) is 3.13. The third-order valence-corrected chi connectivity index (χ3v) is 4.75. The molecule has 0 saturated heterocycles. The van der Waals surface area contributed by atoms with E-state index in [9.17, 15) is 8.42 Å². The SMILES string of the molecule is Cc1ccc(S(=O)(=O)NCCCn2ccnc2)cc1CN. The standard InChI is InChI=1S/C14H20N4O2S/c1-12-3-4-14(9-13(12)10-15)21(19,20)17-5-2-7-18-8-6-16-11-18/h3-4,6,8-9,11,17H,2,5,7,10,15H2,1H3. The molecule has 3 N–H and O–H groups in total. The lowest BCUT2D eigenvalue weighted by atomic mass is 10.1. The van der Waals surface area contributed by atoms with E-state index in [1.807, 2.05) is 17.7 Å². The summed E-state index contributed by atoms with van der Waals surface area (Å²) in [5.41, 5.74) is 7.46. The number of imidazole rings is 1. The van der Waals surface area contributed by atoms with E-state index in [2.05, 4.69) is 9.71 Å². The van der Waals surface area contributed by atoms with Crippen molar-refractivity contribution in [3.63, 3.8) is 0 Å². The van der Waals surface area contributed by atoms with Crippen LogP contribution in [0.5, 0.6) is 0 Å². The number of hydrogen-bond acceptors (Lipinski definition) is 4. The van der Waals surface area contributed by atoms with Gasteiger partial charge in [-0.2, -0.15) is 0 Å². The number of nitrogens with zero attached hydrogens (tertiary/aromatic N) is 2. The smallest absolute Gasteiger partial charge is 0.240 e. The van der Waals surface area contributed by atoms with Crippen LogP contribution in [0.1, 0.15) is 17.5 Å². The summed E-state index contributed by atoms with van der Waals surface area (Å²) in [5.74, 6) is 0. The van der Waals surface area contributed by atoms with E-state index in [0.717, 1.165) is 17.7 Å². The molecule has 2 rings (SSSR count). The van der Waals surface area contributed by atoms with E-state index >= 15 is 0 Å². The minimum Gasteiger partial charge on any atom is -0.337 e. The van der Waals surface area contributed by atoms with Crippen LogP contribution in [-0.4, -0.2) is 24.5 Å². The second-order valence-electron chi connectivity index (χ2n) is 4.84. The van der Waals surface area contributed by atoms with Gasteiger partial charge in [0.1, 0.15) is 0 Å². The fraction of sp³-hybridized carbons (Fsp3) is 0.357. The van der Waals surface area contributed by atoms with Crippen LogP contribution in [0.4, 0.5) is 0 Å². The zero-order valence-corrected chi connectivity index (χ0v) is 12.8.